The van der Waals surface area contributed by atoms with E-state index in [1.807, 2.05) is 140 Å². The Labute approximate surface area is 332 Å². The topological polar surface area (TPSA) is 56.7 Å². The second-order valence-corrected chi connectivity index (χ2v) is 13.5. The Kier molecular flexibility index (Phi) is 5.92. The normalized spacial score (nSPS) is 13.3. The van der Waals surface area contributed by atoms with Gasteiger partial charge in [0, 0.05) is 38.4 Å². The lowest BCUT2D eigenvalue weighted by Crippen LogP contribution is -2.01. The van der Waals surface area contributed by atoms with E-state index in [4.69, 9.17) is 24.9 Å². The van der Waals surface area contributed by atoms with Crippen molar-refractivity contribution in [2.45, 2.75) is 0 Å². The molecule has 0 fully saturated rings. The van der Waals surface area contributed by atoms with Crippen molar-refractivity contribution < 1.29 is 14.0 Å². The van der Waals surface area contributed by atoms with Gasteiger partial charge in [-0.25, -0.2) is 15.0 Å². The van der Waals surface area contributed by atoms with E-state index in [0.717, 1.165) is 33.0 Å². The molecule has 0 saturated heterocycles. The number of aromatic nitrogens is 4. The van der Waals surface area contributed by atoms with Gasteiger partial charge in [0.1, 0.15) is 11.2 Å². The third-order valence-corrected chi connectivity index (χ3v) is 10.1. The number of benzene rings is 8. The molecule has 0 aliphatic carbocycles. The fourth-order valence-corrected chi connectivity index (χ4v) is 7.42. The molecule has 56 heavy (non-hydrogen) atoms. The second kappa shape index (κ2) is 13.0. The molecule has 262 valence electrons. The summed E-state index contributed by atoms with van der Waals surface area (Å²) in [5.74, 6) is 1.27. The highest BCUT2D eigenvalue weighted by atomic mass is 16.3. The summed E-state index contributed by atoms with van der Waals surface area (Å²) in [6, 6.07) is 45.8. The van der Waals surface area contributed by atoms with E-state index >= 15 is 0 Å². The maximum Gasteiger partial charge on any atom is 0.167 e. The van der Waals surface area contributed by atoms with E-state index in [9.17, 15) is 4.11 Å². The summed E-state index contributed by atoms with van der Waals surface area (Å²) >= 11 is 0. The zero-order chi connectivity index (χ0) is 43.1. The van der Waals surface area contributed by atoms with Gasteiger partial charge >= 0.3 is 0 Å². The minimum Gasteiger partial charge on any atom is -0.455 e. The van der Waals surface area contributed by atoms with Crippen molar-refractivity contribution >= 4 is 43.7 Å². The van der Waals surface area contributed by atoms with Gasteiger partial charge in [-0.2, -0.15) is 0 Å². The highest BCUT2D eigenvalue weighted by molar-refractivity contribution is 6.11. The molecule has 11 rings (SSSR count). The zero-order valence-electron chi connectivity index (χ0n) is 36.6. The molecule has 0 saturated carbocycles. The van der Waals surface area contributed by atoms with Gasteiger partial charge in [0.15, 0.2) is 17.5 Å². The lowest BCUT2D eigenvalue weighted by molar-refractivity contribution is 0.669. The van der Waals surface area contributed by atoms with Gasteiger partial charge in [0.2, 0.25) is 0 Å². The van der Waals surface area contributed by atoms with Crippen molar-refractivity contribution in [1.29, 1.82) is 0 Å². The minimum absolute atomic E-state index is 0.0750. The van der Waals surface area contributed by atoms with E-state index in [1.54, 1.807) is 16.7 Å². The number of hydrogen-bond donors (Lipinski definition) is 0. The summed E-state index contributed by atoms with van der Waals surface area (Å²) in [5.41, 5.74) is 6.92. The molecule has 3 aromatic heterocycles. The molecular weight excluding hydrogens is 685 g/mol. The third-order valence-electron chi connectivity index (χ3n) is 10.1. The van der Waals surface area contributed by atoms with Crippen LogP contribution < -0.4 is 0 Å². The Hall–Kier alpha value is -7.63. The Morgan fingerprint density at radius 2 is 1.04 bits per heavy atom. The molecule has 0 aliphatic rings. The van der Waals surface area contributed by atoms with Crippen LogP contribution in [0.4, 0.5) is 0 Å². The van der Waals surface area contributed by atoms with Gasteiger partial charge < -0.3 is 8.98 Å². The summed E-state index contributed by atoms with van der Waals surface area (Å²) in [6.45, 7) is 0. The molecule has 0 N–H and O–H groups in total. The number of para-hydroxylation sites is 3. The van der Waals surface area contributed by atoms with Crippen molar-refractivity contribution in [3.8, 4) is 62.1 Å². The molecule has 0 unspecified atom stereocenters. The van der Waals surface area contributed by atoms with Crippen LogP contribution in [0.5, 0.6) is 0 Å². The maximum absolute atomic E-state index is 9.77. The molecular formula is C51H32N4O. The quantitative estimate of drug-likeness (QED) is 0.171. The monoisotopic (exact) mass is 723 g/mol. The number of rotatable bonds is 6. The van der Waals surface area contributed by atoms with Crippen LogP contribution >= 0.6 is 0 Å². The number of nitrogens with zero attached hydrogens (tertiary/aromatic N) is 4. The minimum atomic E-state index is -0.461. The molecule has 0 aliphatic heterocycles. The lowest BCUT2D eigenvalue weighted by Gasteiger charge is -2.12. The Balaban J connectivity index is 1.12. The summed E-state index contributed by atoms with van der Waals surface area (Å²) in [7, 11) is 0. The van der Waals surface area contributed by atoms with Crippen LogP contribution in [0.15, 0.2) is 198 Å². The van der Waals surface area contributed by atoms with Gasteiger partial charge in [0.05, 0.1) is 26.2 Å². The Morgan fingerprint density at radius 3 is 1.84 bits per heavy atom. The first kappa shape index (κ1) is 25.4. The van der Waals surface area contributed by atoms with Gasteiger partial charge in [-0.1, -0.05) is 139 Å². The summed E-state index contributed by atoms with van der Waals surface area (Å²) in [5, 5.41) is 2.10. The molecule has 5 nitrogen and oxygen atoms in total. The molecule has 3 heterocycles. The van der Waals surface area contributed by atoms with E-state index in [0.29, 0.717) is 45.4 Å². The van der Waals surface area contributed by atoms with E-state index in [2.05, 4.69) is 0 Å². The average molecular weight is 724 g/mol. The van der Waals surface area contributed by atoms with Crippen LogP contribution in [0.1, 0.15) is 9.60 Å². The first-order valence-corrected chi connectivity index (χ1v) is 18.2. The maximum atomic E-state index is 9.77. The SMILES string of the molecule is [2H]c1c([2H])c([2H])c2c(c1[2H])c1c([2H])c([2H])c(-c3cccc(-c4ccccc4)c3)c([2H])c1n2-c1ccc(-c2nc(-c3ccccc3)nc(-c3cccc4c3oc3ccccc34)n2)cc1. The first-order chi connectivity index (χ1) is 30.7. The fraction of sp³-hybridized carbons (Fsp3) is 0. The van der Waals surface area contributed by atoms with Gasteiger partial charge in [-0.3, -0.25) is 0 Å². The van der Waals surface area contributed by atoms with Crippen molar-refractivity contribution in [1.82, 2.24) is 19.5 Å². The van der Waals surface area contributed by atoms with Gasteiger partial charge in [0.25, 0.3) is 0 Å². The van der Waals surface area contributed by atoms with Gasteiger partial charge in [-0.05, 0) is 76.8 Å². The summed E-state index contributed by atoms with van der Waals surface area (Å²) in [6.07, 6.45) is 0. The molecule has 5 heteroatoms. The van der Waals surface area contributed by atoms with Crippen molar-refractivity contribution in [3.05, 3.63) is 194 Å². The third kappa shape index (κ3) is 5.37. The standard InChI is InChI=1S/C51H32N4O/c1-3-13-33(14-4-1)36-17-11-18-37(31-36)38-27-30-41-40-19-7-9-23-45(40)55(46(41)32-38)39-28-25-35(26-29-39)50-52-49(34-15-5-2-6-16-34)53-51(54-50)44-22-12-21-43-42-20-8-10-24-47(42)56-48(43)44/h1-32H/i7D,9D,19D,23D,27D,30D,32D. The van der Waals surface area contributed by atoms with Crippen LogP contribution in [-0.2, 0) is 0 Å². The lowest BCUT2D eigenvalue weighted by atomic mass is 9.98. The molecule has 0 bridgehead atoms. The van der Waals surface area contributed by atoms with Crippen LogP contribution in [0.2, 0.25) is 0 Å². The van der Waals surface area contributed by atoms with E-state index < -0.39 is 12.1 Å². The zero-order valence-corrected chi connectivity index (χ0v) is 29.6. The highest BCUT2D eigenvalue weighted by Crippen LogP contribution is 2.38. The molecule has 11 aromatic rings. The van der Waals surface area contributed by atoms with E-state index in [1.165, 1.54) is 0 Å². The van der Waals surface area contributed by atoms with Crippen LogP contribution in [-0.4, -0.2) is 19.5 Å². The highest BCUT2D eigenvalue weighted by Gasteiger charge is 2.19. The smallest absolute Gasteiger partial charge is 0.167 e. The average Bonchev–Trinajstić information content (AvgIpc) is 3.90. The molecule has 0 radical (unpaired) electrons. The Bertz CT molecular complexity index is 3650. The number of fused-ring (bicyclic) bond motifs is 6. The van der Waals surface area contributed by atoms with Crippen LogP contribution in [0.25, 0.3) is 106 Å². The largest absolute Gasteiger partial charge is 0.455 e. The van der Waals surface area contributed by atoms with E-state index in [-0.39, 0.29) is 57.6 Å². The Morgan fingerprint density at radius 1 is 0.429 bits per heavy atom. The fourth-order valence-electron chi connectivity index (χ4n) is 7.42. The van der Waals surface area contributed by atoms with Crippen molar-refractivity contribution in [2.24, 2.45) is 0 Å². The summed E-state index contributed by atoms with van der Waals surface area (Å²) < 4.78 is 71.9. The summed E-state index contributed by atoms with van der Waals surface area (Å²) in [4.78, 5) is 14.9. The second-order valence-electron chi connectivity index (χ2n) is 13.5. The van der Waals surface area contributed by atoms with Crippen molar-refractivity contribution in [2.75, 3.05) is 0 Å². The number of hydrogen-bond acceptors (Lipinski definition) is 4. The number of furan rings is 1. The molecule has 8 aromatic carbocycles. The van der Waals surface area contributed by atoms with Gasteiger partial charge in [-0.15, -0.1) is 0 Å². The molecule has 0 amide bonds. The molecule has 0 atom stereocenters. The van der Waals surface area contributed by atoms with Crippen LogP contribution in [0, 0.1) is 0 Å². The van der Waals surface area contributed by atoms with Crippen LogP contribution in [0.3, 0.4) is 0 Å². The van der Waals surface area contributed by atoms with Crippen molar-refractivity contribution in [3.63, 3.8) is 0 Å². The predicted octanol–water partition coefficient (Wildman–Crippen LogP) is 13.2. The predicted molar refractivity (Wildman–Crippen MR) is 229 cm³/mol. The molecule has 0 spiro atoms. The first-order valence-electron chi connectivity index (χ1n) is 21.7.